The van der Waals surface area contributed by atoms with Gasteiger partial charge in [-0.25, -0.2) is 0 Å². The van der Waals surface area contributed by atoms with Crippen molar-refractivity contribution < 1.29 is 9.53 Å². The fraction of sp³-hybridized carbons (Fsp3) is 0.308. The van der Waals surface area contributed by atoms with Crippen LogP contribution in [0.2, 0.25) is 0 Å². The molecule has 98 valence electrons. The smallest absolute Gasteiger partial charge is 0.257 e. The van der Waals surface area contributed by atoms with Crippen molar-refractivity contribution in [1.29, 1.82) is 0 Å². The molecule has 2 aliphatic rings. The predicted molar refractivity (Wildman–Crippen MR) is 69.1 cm³/mol. The van der Waals surface area contributed by atoms with Crippen molar-refractivity contribution in [3.63, 3.8) is 0 Å². The summed E-state index contributed by atoms with van der Waals surface area (Å²) in [6.45, 7) is 4.82. The van der Waals surface area contributed by atoms with Crippen LogP contribution < -0.4 is 10.2 Å². The van der Waals surface area contributed by atoms with Crippen LogP contribution in [0, 0.1) is 0 Å². The molecular formula is C13H14N4O2. The van der Waals surface area contributed by atoms with Gasteiger partial charge in [0.25, 0.3) is 5.91 Å². The van der Waals surface area contributed by atoms with Gasteiger partial charge >= 0.3 is 0 Å². The first-order valence-electron chi connectivity index (χ1n) is 6.09. The van der Waals surface area contributed by atoms with Gasteiger partial charge in [0.15, 0.2) is 11.9 Å². The van der Waals surface area contributed by atoms with Crippen LogP contribution in [0.15, 0.2) is 42.4 Å². The van der Waals surface area contributed by atoms with E-state index in [4.69, 9.17) is 4.74 Å². The maximum atomic E-state index is 11.9. The summed E-state index contributed by atoms with van der Waals surface area (Å²) >= 11 is 0. The minimum absolute atomic E-state index is 0.150. The number of ether oxygens (including phenoxy) is 1. The Morgan fingerprint density at radius 1 is 1.53 bits per heavy atom. The Balaban J connectivity index is 1.76. The highest BCUT2D eigenvalue weighted by Gasteiger charge is 2.31. The zero-order chi connectivity index (χ0) is 13.2. The Labute approximate surface area is 110 Å². The summed E-state index contributed by atoms with van der Waals surface area (Å²) in [4.78, 5) is 13.8. The molecule has 0 aliphatic carbocycles. The molecule has 0 aromatic carbocycles. The molecule has 1 atom stereocenters. The summed E-state index contributed by atoms with van der Waals surface area (Å²) in [5.74, 6) is 0.627. The molecule has 0 saturated carbocycles. The van der Waals surface area contributed by atoms with Gasteiger partial charge in [-0.3, -0.25) is 4.79 Å². The van der Waals surface area contributed by atoms with Crippen LogP contribution in [0.4, 0.5) is 5.82 Å². The quantitative estimate of drug-likeness (QED) is 0.841. The van der Waals surface area contributed by atoms with Gasteiger partial charge in [-0.2, -0.15) is 5.10 Å². The Bertz CT molecular complexity index is 541. The lowest BCUT2D eigenvalue weighted by Crippen LogP contribution is -2.43. The fourth-order valence-corrected chi connectivity index (χ4v) is 2.22. The highest BCUT2D eigenvalue weighted by atomic mass is 16.5. The molecule has 6 nitrogen and oxygen atoms in total. The number of anilines is 1. The third kappa shape index (κ3) is 2.34. The van der Waals surface area contributed by atoms with E-state index in [2.05, 4.69) is 22.1 Å². The van der Waals surface area contributed by atoms with E-state index >= 15 is 0 Å². The first kappa shape index (κ1) is 11.9. The lowest BCUT2D eigenvalue weighted by Gasteiger charge is -2.24. The van der Waals surface area contributed by atoms with Gasteiger partial charge in [0, 0.05) is 24.6 Å². The Morgan fingerprint density at radius 2 is 2.42 bits per heavy atom. The summed E-state index contributed by atoms with van der Waals surface area (Å²) in [7, 11) is 0. The van der Waals surface area contributed by atoms with Gasteiger partial charge in [-0.1, -0.05) is 6.58 Å². The second kappa shape index (κ2) is 4.81. The minimum Gasteiger partial charge on any atom is -0.358 e. The van der Waals surface area contributed by atoms with Crippen LogP contribution in [-0.2, 0) is 9.53 Å². The number of nitrogens with zero attached hydrogens (tertiary/aromatic N) is 3. The molecule has 3 rings (SSSR count). The maximum absolute atomic E-state index is 11.9. The predicted octanol–water partition coefficient (Wildman–Crippen LogP) is 0.599. The van der Waals surface area contributed by atoms with Crippen molar-refractivity contribution in [3.8, 4) is 0 Å². The molecule has 2 aliphatic heterocycles. The number of morpholine rings is 1. The number of amides is 1. The second-order valence-electron chi connectivity index (χ2n) is 4.51. The molecule has 0 bridgehead atoms. The molecule has 0 spiro atoms. The Morgan fingerprint density at radius 3 is 3.16 bits per heavy atom. The molecule has 3 heterocycles. The largest absolute Gasteiger partial charge is 0.358 e. The van der Waals surface area contributed by atoms with Gasteiger partial charge in [-0.15, -0.1) is 5.10 Å². The number of carbonyl (C=O) groups excluding carboxylic acids is 1. The number of aromatic nitrogens is 2. The number of nitrogens with one attached hydrogen (secondary N) is 1. The highest BCUT2D eigenvalue weighted by molar-refractivity contribution is 5.86. The van der Waals surface area contributed by atoms with Gasteiger partial charge < -0.3 is 15.0 Å². The number of hydrogen-bond donors (Lipinski definition) is 1. The zero-order valence-corrected chi connectivity index (χ0v) is 10.4. The van der Waals surface area contributed by atoms with E-state index in [0.717, 1.165) is 24.4 Å². The lowest BCUT2D eigenvalue weighted by molar-refractivity contribution is -0.132. The van der Waals surface area contributed by atoms with Crippen LogP contribution in [0.25, 0.3) is 0 Å². The molecule has 1 aromatic heterocycles. The molecular weight excluding hydrogens is 244 g/mol. The van der Waals surface area contributed by atoms with Crippen LogP contribution in [0.1, 0.15) is 6.42 Å². The molecule has 6 heteroatoms. The molecule has 19 heavy (non-hydrogen) atoms. The second-order valence-corrected chi connectivity index (χ2v) is 4.51. The first-order valence-corrected chi connectivity index (χ1v) is 6.09. The fourth-order valence-electron chi connectivity index (χ4n) is 2.22. The average Bonchev–Trinajstić information content (AvgIpc) is 2.89. The Kier molecular flexibility index (Phi) is 3.00. The number of rotatable bonds is 2. The Hall–Kier alpha value is -2.21. The van der Waals surface area contributed by atoms with E-state index in [1.165, 1.54) is 0 Å². The standard InChI is InChI=1S/C13H14N4O2/c1-9-8-19-12(13(18)15-9)10-4-6-17(7-10)11-3-2-5-14-16-11/h2-3,5,7,12H,1,4,6,8H2,(H,15,18). The van der Waals surface area contributed by atoms with Gasteiger partial charge in [0.1, 0.15) is 0 Å². The van der Waals surface area contributed by atoms with E-state index in [0.29, 0.717) is 12.3 Å². The zero-order valence-electron chi connectivity index (χ0n) is 10.4. The molecule has 1 saturated heterocycles. The van der Waals surface area contributed by atoms with E-state index in [9.17, 15) is 4.79 Å². The summed E-state index contributed by atoms with van der Waals surface area (Å²) in [6, 6.07) is 3.72. The van der Waals surface area contributed by atoms with Crippen LogP contribution in [0.3, 0.4) is 0 Å². The van der Waals surface area contributed by atoms with Crippen molar-refractivity contribution >= 4 is 11.7 Å². The van der Waals surface area contributed by atoms with E-state index in [1.54, 1.807) is 6.20 Å². The summed E-state index contributed by atoms with van der Waals surface area (Å²) in [5.41, 5.74) is 1.56. The van der Waals surface area contributed by atoms with Crippen LogP contribution in [-0.4, -0.2) is 35.4 Å². The monoisotopic (exact) mass is 258 g/mol. The van der Waals surface area contributed by atoms with Crippen molar-refractivity contribution in [2.75, 3.05) is 18.1 Å². The minimum atomic E-state index is -0.521. The SMILES string of the molecule is C=C1COC(C2=CN(c3cccnn3)CC2)C(=O)N1. The van der Waals surface area contributed by atoms with E-state index in [1.807, 2.05) is 23.2 Å². The topological polar surface area (TPSA) is 67.3 Å². The van der Waals surface area contributed by atoms with Crippen molar-refractivity contribution in [2.24, 2.45) is 0 Å². The van der Waals surface area contributed by atoms with Crippen LogP contribution in [0.5, 0.6) is 0 Å². The third-order valence-corrected chi connectivity index (χ3v) is 3.11. The lowest BCUT2D eigenvalue weighted by atomic mass is 10.1. The number of hydrogen-bond acceptors (Lipinski definition) is 5. The third-order valence-electron chi connectivity index (χ3n) is 3.11. The van der Waals surface area contributed by atoms with Crippen LogP contribution >= 0.6 is 0 Å². The molecule has 1 N–H and O–H groups in total. The van der Waals surface area contributed by atoms with Gasteiger partial charge in [0.05, 0.1) is 6.61 Å². The maximum Gasteiger partial charge on any atom is 0.257 e. The molecule has 1 fully saturated rings. The van der Waals surface area contributed by atoms with Gasteiger partial charge in [0.2, 0.25) is 0 Å². The molecule has 1 amide bonds. The van der Waals surface area contributed by atoms with Crippen molar-refractivity contribution in [2.45, 2.75) is 12.5 Å². The highest BCUT2D eigenvalue weighted by Crippen LogP contribution is 2.25. The van der Waals surface area contributed by atoms with Crippen molar-refractivity contribution in [3.05, 3.63) is 42.4 Å². The van der Waals surface area contributed by atoms with Crippen molar-refractivity contribution in [1.82, 2.24) is 15.5 Å². The molecule has 1 unspecified atom stereocenters. The van der Waals surface area contributed by atoms with E-state index in [-0.39, 0.29) is 5.91 Å². The number of carbonyl (C=O) groups is 1. The first-order chi connectivity index (χ1) is 9.24. The van der Waals surface area contributed by atoms with Gasteiger partial charge in [-0.05, 0) is 24.1 Å². The molecule has 0 radical (unpaired) electrons. The average molecular weight is 258 g/mol. The molecule has 1 aromatic rings. The normalized spacial score (nSPS) is 23.3. The summed E-state index contributed by atoms with van der Waals surface area (Å²) < 4.78 is 5.53. The summed E-state index contributed by atoms with van der Waals surface area (Å²) in [6.07, 6.45) is 3.81. The van der Waals surface area contributed by atoms with E-state index < -0.39 is 6.10 Å². The summed E-state index contributed by atoms with van der Waals surface area (Å²) in [5, 5.41) is 10.6.